The zero-order valence-electron chi connectivity index (χ0n) is 17.5. The van der Waals surface area contributed by atoms with E-state index in [1.54, 1.807) is 0 Å². The maximum absolute atomic E-state index is 12.5. The Morgan fingerprint density at radius 2 is 1.97 bits per heavy atom. The first-order valence-electron chi connectivity index (χ1n) is 10.6. The maximum Gasteiger partial charge on any atom is 0.224 e. The Morgan fingerprint density at radius 3 is 2.73 bits per heavy atom. The molecule has 0 atom stereocenters. The van der Waals surface area contributed by atoms with Gasteiger partial charge in [-0.3, -0.25) is 4.79 Å². The summed E-state index contributed by atoms with van der Waals surface area (Å²) < 4.78 is 1.87. The van der Waals surface area contributed by atoms with Crippen molar-refractivity contribution in [3.8, 4) is 5.69 Å². The Morgan fingerprint density at radius 1 is 1.20 bits per heavy atom. The molecule has 0 unspecified atom stereocenters. The third-order valence-corrected chi connectivity index (χ3v) is 7.10. The van der Waals surface area contributed by atoms with Gasteiger partial charge in [-0.05, 0) is 70.2 Å². The number of hydrogen-bond donors (Lipinski definition) is 1. The van der Waals surface area contributed by atoms with Crippen LogP contribution >= 0.6 is 22.9 Å². The van der Waals surface area contributed by atoms with Crippen LogP contribution in [0.2, 0.25) is 5.02 Å². The van der Waals surface area contributed by atoms with Gasteiger partial charge in [0.25, 0.3) is 0 Å². The van der Waals surface area contributed by atoms with Gasteiger partial charge in [0.05, 0.1) is 28.5 Å². The Bertz CT molecular complexity index is 1010. The summed E-state index contributed by atoms with van der Waals surface area (Å²) in [6.07, 6.45) is 7.07. The van der Waals surface area contributed by atoms with Gasteiger partial charge in [-0.1, -0.05) is 11.6 Å². The number of nitrogens with one attached hydrogen (secondary N) is 1. The van der Waals surface area contributed by atoms with Crippen molar-refractivity contribution in [2.24, 2.45) is 0 Å². The molecule has 0 bridgehead atoms. The van der Waals surface area contributed by atoms with Gasteiger partial charge in [-0.2, -0.15) is 5.10 Å². The first-order valence-corrected chi connectivity index (χ1v) is 11.8. The standard InChI is InChI=1S/C23H27ClN4OS/c1-15-19(16(2)28(27-15)18-11-9-17(24)10-12-18)14-22(29)25-13-5-8-23-26-20-6-3-4-7-21(20)30-23/h9-12H,3-8,13-14H2,1-2H3,(H,25,29). The zero-order valence-corrected chi connectivity index (χ0v) is 19.1. The molecule has 158 valence electrons. The van der Waals surface area contributed by atoms with E-state index in [0.717, 1.165) is 41.9 Å². The largest absolute Gasteiger partial charge is 0.356 e. The number of amides is 1. The fourth-order valence-corrected chi connectivity index (χ4v) is 5.29. The van der Waals surface area contributed by atoms with Crippen molar-refractivity contribution in [2.45, 2.75) is 58.8 Å². The van der Waals surface area contributed by atoms with Crippen molar-refractivity contribution in [1.82, 2.24) is 20.1 Å². The number of aryl methyl sites for hydroxylation is 4. The van der Waals surface area contributed by atoms with Crippen LogP contribution in [-0.4, -0.2) is 27.2 Å². The topological polar surface area (TPSA) is 59.8 Å². The molecule has 30 heavy (non-hydrogen) atoms. The van der Waals surface area contributed by atoms with Crippen LogP contribution < -0.4 is 5.32 Å². The van der Waals surface area contributed by atoms with Crippen molar-refractivity contribution in [1.29, 1.82) is 0 Å². The average molecular weight is 443 g/mol. The third kappa shape index (κ3) is 4.76. The highest BCUT2D eigenvalue weighted by molar-refractivity contribution is 7.11. The molecule has 0 saturated carbocycles. The van der Waals surface area contributed by atoms with Crippen LogP contribution in [0.3, 0.4) is 0 Å². The summed E-state index contributed by atoms with van der Waals surface area (Å²) in [6, 6.07) is 7.56. The molecule has 0 spiro atoms. The van der Waals surface area contributed by atoms with E-state index < -0.39 is 0 Å². The summed E-state index contributed by atoms with van der Waals surface area (Å²) in [7, 11) is 0. The molecule has 0 saturated heterocycles. The molecule has 2 aromatic heterocycles. The second kappa shape index (κ2) is 9.31. The molecule has 1 aliphatic rings. The van der Waals surface area contributed by atoms with Crippen molar-refractivity contribution in [3.05, 3.63) is 61.8 Å². The molecule has 0 aliphatic heterocycles. The Hall–Kier alpha value is -2.18. The number of aromatic nitrogens is 3. The van der Waals surface area contributed by atoms with Gasteiger partial charge in [0.15, 0.2) is 0 Å². The monoisotopic (exact) mass is 442 g/mol. The van der Waals surface area contributed by atoms with Gasteiger partial charge in [0.1, 0.15) is 0 Å². The zero-order chi connectivity index (χ0) is 21.1. The lowest BCUT2D eigenvalue weighted by Crippen LogP contribution is -2.26. The predicted molar refractivity (Wildman–Crippen MR) is 122 cm³/mol. The van der Waals surface area contributed by atoms with Gasteiger partial charge >= 0.3 is 0 Å². The minimum Gasteiger partial charge on any atom is -0.356 e. The lowest BCUT2D eigenvalue weighted by Gasteiger charge is -2.07. The van der Waals surface area contributed by atoms with Gasteiger partial charge < -0.3 is 5.32 Å². The van der Waals surface area contributed by atoms with Crippen LogP contribution in [-0.2, 0) is 30.5 Å². The Balaban J connectivity index is 1.30. The number of hydrogen-bond acceptors (Lipinski definition) is 4. The van der Waals surface area contributed by atoms with Crippen LogP contribution in [0.4, 0.5) is 0 Å². The Kier molecular flexibility index (Phi) is 6.54. The van der Waals surface area contributed by atoms with E-state index in [-0.39, 0.29) is 5.91 Å². The number of fused-ring (bicyclic) bond motifs is 1. The molecule has 7 heteroatoms. The first-order chi connectivity index (χ1) is 14.5. The van der Waals surface area contributed by atoms with E-state index in [2.05, 4.69) is 10.4 Å². The number of carbonyl (C=O) groups is 1. The minimum absolute atomic E-state index is 0.0373. The average Bonchev–Trinajstić information content (AvgIpc) is 3.27. The van der Waals surface area contributed by atoms with E-state index >= 15 is 0 Å². The van der Waals surface area contributed by atoms with Gasteiger partial charge in [-0.15, -0.1) is 11.3 Å². The number of thiazole rings is 1. The Labute approximate surface area is 186 Å². The lowest BCUT2D eigenvalue weighted by atomic mass is 10.0. The molecular weight excluding hydrogens is 416 g/mol. The second-order valence-electron chi connectivity index (χ2n) is 7.85. The number of carbonyl (C=O) groups excluding carboxylic acids is 1. The number of rotatable bonds is 7. The summed E-state index contributed by atoms with van der Waals surface area (Å²) >= 11 is 7.84. The van der Waals surface area contributed by atoms with E-state index in [1.165, 1.54) is 34.8 Å². The highest BCUT2D eigenvalue weighted by Gasteiger charge is 2.17. The molecule has 1 aromatic carbocycles. The quantitative estimate of drug-likeness (QED) is 0.536. The van der Waals surface area contributed by atoms with Crippen LogP contribution in [0.5, 0.6) is 0 Å². The SMILES string of the molecule is Cc1nn(-c2ccc(Cl)cc2)c(C)c1CC(=O)NCCCc1nc2c(s1)CCCC2. The molecule has 1 N–H and O–H groups in total. The van der Waals surface area contributed by atoms with Crippen molar-refractivity contribution in [2.75, 3.05) is 6.54 Å². The molecule has 4 rings (SSSR count). The summed E-state index contributed by atoms with van der Waals surface area (Å²) in [6.45, 7) is 4.63. The van der Waals surface area contributed by atoms with E-state index in [1.807, 2.05) is 54.1 Å². The predicted octanol–water partition coefficient (Wildman–Crippen LogP) is 4.77. The smallest absolute Gasteiger partial charge is 0.224 e. The van der Waals surface area contributed by atoms with Gasteiger partial charge in [0, 0.05) is 34.1 Å². The molecule has 1 aliphatic carbocycles. The highest BCUT2D eigenvalue weighted by Crippen LogP contribution is 2.27. The molecule has 3 aromatic rings. The van der Waals surface area contributed by atoms with Crippen molar-refractivity contribution < 1.29 is 4.79 Å². The number of benzene rings is 1. The number of halogens is 1. The van der Waals surface area contributed by atoms with Crippen LogP contribution in [0.15, 0.2) is 24.3 Å². The minimum atomic E-state index is 0.0373. The third-order valence-electron chi connectivity index (χ3n) is 5.63. The van der Waals surface area contributed by atoms with Gasteiger partial charge in [0.2, 0.25) is 5.91 Å². The van der Waals surface area contributed by atoms with Crippen LogP contribution in [0.25, 0.3) is 5.69 Å². The normalized spacial score (nSPS) is 13.3. The summed E-state index contributed by atoms with van der Waals surface area (Å²) in [5.74, 6) is 0.0373. The summed E-state index contributed by atoms with van der Waals surface area (Å²) in [5, 5.41) is 9.58. The van der Waals surface area contributed by atoms with E-state index in [0.29, 0.717) is 18.0 Å². The fourth-order valence-electron chi connectivity index (χ4n) is 3.97. The molecular formula is C23H27ClN4OS. The first kappa shape index (κ1) is 21.1. The molecule has 0 fully saturated rings. The van der Waals surface area contributed by atoms with Gasteiger partial charge in [-0.25, -0.2) is 9.67 Å². The number of nitrogens with zero attached hydrogens (tertiary/aromatic N) is 3. The highest BCUT2D eigenvalue weighted by atomic mass is 35.5. The molecule has 1 amide bonds. The molecule has 2 heterocycles. The molecule has 0 radical (unpaired) electrons. The second-order valence-corrected chi connectivity index (χ2v) is 9.46. The van der Waals surface area contributed by atoms with Crippen LogP contribution in [0.1, 0.15) is 51.8 Å². The molecule has 5 nitrogen and oxygen atoms in total. The summed E-state index contributed by atoms with van der Waals surface area (Å²) in [4.78, 5) is 18.8. The maximum atomic E-state index is 12.5. The van der Waals surface area contributed by atoms with Crippen LogP contribution in [0, 0.1) is 13.8 Å². The lowest BCUT2D eigenvalue weighted by molar-refractivity contribution is -0.120. The van der Waals surface area contributed by atoms with E-state index in [4.69, 9.17) is 16.6 Å². The fraction of sp³-hybridized carbons (Fsp3) is 0.435. The van der Waals surface area contributed by atoms with E-state index in [9.17, 15) is 4.79 Å². The summed E-state index contributed by atoms with van der Waals surface area (Å²) in [5.41, 5.74) is 5.10. The van der Waals surface area contributed by atoms with Crippen molar-refractivity contribution >= 4 is 28.8 Å². The van der Waals surface area contributed by atoms with Crippen molar-refractivity contribution in [3.63, 3.8) is 0 Å².